The van der Waals surface area contributed by atoms with Crippen molar-refractivity contribution in [2.24, 2.45) is 5.41 Å². The van der Waals surface area contributed by atoms with E-state index in [1.54, 1.807) is 0 Å². The van der Waals surface area contributed by atoms with E-state index in [0.717, 1.165) is 19.3 Å². The van der Waals surface area contributed by atoms with Gasteiger partial charge in [-0.15, -0.1) is 0 Å². The van der Waals surface area contributed by atoms with E-state index in [1.807, 2.05) is 0 Å². The summed E-state index contributed by atoms with van der Waals surface area (Å²) in [6, 6.07) is 8.21. The van der Waals surface area contributed by atoms with E-state index in [4.69, 9.17) is 9.47 Å². The summed E-state index contributed by atoms with van der Waals surface area (Å²) in [4.78, 5) is 11.6. The van der Waals surface area contributed by atoms with E-state index in [-0.39, 0.29) is 23.2 Å². The number of carboxylic acid groups (broad SMARTS) is 1. The molecule has 5 nitrogen and oxygen atoms in total. The maximum Gasteiger partial charge on any atom is 0.404 e. The molecular weight excluding hydrogens is 318 g/mol. The first-order valence-corrected chi connectivity index (χ1v) is 9.14. The van der Waals surface area contributed by atoms with Crippen LogP contribution in [0, 0.1) is 5.41 Å². The molecular formula is C20H29NO4. The molecule has 2 N–H and O–H groups in total. The third-order valence-electron chi connectivity index (χ3n) is 5.53. The number of benzene rings is 1. The Bertz CT molecular complexity index is 618. The molecule has 25 heavy (non-hydrogen) atoms. The van der Waals surface area contributed by atoms with Crippen LogP contribution in [-0.4, -0.2) is 36.7 Å². The molecule has 3 rings (SSSR count). The predicted octanol–water partition coefficient (Wildman–Crippen LogP) is 3.71. The number of nitrogens with one attached hydrogen (secondary N) is 1. The van der Waals surface area contributed by atoms with Gasteiger partial charge in [-0.1, -0.05) is 45.0 Å². The molecule has 1 amide bonds. The zero-order valence-corrected chi connectivity index (χ0v) is 15.4. The number of hydrogen-bond acceptors (Lipinski definition) is 3. The minimum Gasteiger partial charge on any atom is -0.465 e. The first kappa shape index (κ1) is 18.2. The fraction of sp³-hybridized carbons (Fsp3) is 0.650. The van der Waals surface area contributed by atoms with Gasteiger partial charge in [0.25, 0.3) is 0 Å². The van der Waals surface area contributed by atoms with Gasteiger partial charge in [-0.2, -0.15) is 0 Å². The average Bonchev–Trinajstić information content (AvgIpc) is 3.04. The molecule has 0 spiro atoms. The van der Waals surface area contributed by atoms with Crippen molar-refractivity contribution < 1.29 is 19.4 Å². The molecule has 1 aromatic carbocycles. The Morgan fingerprint density at radius 3 is 2.64 bits per heavy atom. The molecule has 1 saturated heterocycles. The fourth-order valence-corrected chi connectivity index (χ4v) is 4.71. The van der Waals surface area contributed by atoms with E-state index >= 15 is 0 Å². The fourth-order valence-electron chi connectivity index (χ4n) is 4.71. The van der Waals surface area contributed by atoms with Crippen molar-refractivity contribution >= 4 is 6.09 Å². The van der Waals surface area contributed by atoms with Crippen LogP contribution in [0.25, 0.3) is 0 Å². The van der Waals surface area contributed by atoms with E-state index in [9.17, 15) is 9.90 Å². The van der Waals surface area contributed by atoms with Gasteiger partial charge in [0.2, 0.25) is 0 Å². The van der Waals surface area contributed by atoms with Gasteiger partial charge in [0.05, 0.1) is 13.2 Å². The number of aryl methyl sites for hydroxylation is 1. The second-order valence-electron chi connectivity index (χ2n) is 8.29. The monoisotopic (exact) mass is 347 g/mol. The van der Waals surface area contributed by atoms with Crippen molar-refractivity contribution in [1.29, 1.82) is 0 Å². The molecule has 0 saturated carbocycles. The van der Waals surface area contributed by atoms with Crippen LogP contribution < -0.4 is 5.32 Å². The lowest BCUT2D eigenvalue weighted by molar-refractivity contribution is -0.0726. The standard InChI is InChI=1S/C20H29NO4/c1-19(2,3)17(21-18(22)23)20(13-16-24-11-12-25-16)10-6-8-14-7-4-5-9-15(14)20/h4-5,7,9,16-17,21H,6,8,10-13H2,1-3H3,(H,22,23). The first-order chi connectivity index (χ1) is 11.8. The summed E-state index contributed by atoms with van der Waals surface area (Å²) in [6.07, 6.45) is 2.43. The van der Waals surface area contributed by atoms with Crippen LogP contribution in [0.15, 0.2) is 24.3 Å². The molecule has 0 aromatic heterocycles. The molecule has 0 bridgehead atoms. The maximum atomic E-state index is 11.6. The predicted molar refractivity (Wildman–Crippen MR) is 95.8 cm³/mol. The third-order valence-corrected chi connectivity index (χ3v) is 5.53. The van der Waals surface area contributed by atoms with Crippen LogP contribution in [-0.2, 0) is 21.3 Å². The lowest BCUT2D eigenvalue weighted by atomic mass is 9.58. The van der Waals surface area contributed by atoms with Gasteiger partial charge < -0.3 is 19.9 Å². The van der Waals surface area contributed by atoms with Crippen LogP contribution in [0.1, 0.15) is 51.2 Å². The van der Waals surface area contributed by atoms with Gasteiger partial charge in [-0.25, -0.2) is 4.79 Å². The Morgan fingerprint density at radius 1 is 1.32 bits per heavy atom. The molecule has 2 atom stereocenters. The van der Waals surface area contributed by atoms with Crippen LogP contribution in [0.5, 0.6) is 0 Å². The lowest BCUT2D eigenvalue weighted by Crippen LogP contribution is -2.59. The number of rotatable bonds is 4. The minimum atomic E-state index is -0.976. The zero-order chi connectivity index (χ0) is 18.1. The normalized spacial score (nSPS) is 25.4. The van der Waals surface area contributed by atoms with Crippen molar-refractivity contribution in [3.05, 3.63) is 35.4 Å². The largest absolute Gasteiger partial charge is 0.465 e. The molecule has 5 heteroatoms. The maximum absolute atomic E-state index is 11.6. The summed E-state index contributed by atoms with van der Waals surface area (Å²) in [6.45, 7) is 7.51. The Hall–Kier alpha value is -1.59. The Morgan fingerprint density at radius 2 is 2.00 bits per heavy atom. The molecule has 1 aliphatic carbocycles. The van der Waals surface area contributed by atoms with Gasteiger partial charge >= 0.3 is 6.09 Å². The summed E-state index contributed by atoms with van der Waals surface area (Å²) in [5.41, 5.74) is 1.99. The Balaban J connectivity index is 2.10. The number of amides is 1. The second kappa shape index (κ2) is 6.96. The van der Waals surface area contributed by atoms with Crippen molar-refractivity contribution in [2.45, 2.75) is 64.2 Å². The van der Waals surface area contributed by atoms with Gasteiger partial charge in [0.1, 0.15) is 0 Å². The summed E-state index contributed by atoms with van der Waals surface area (Å²) in [7, 11) is 0. The van der Waals surface area contributed by atoms with Gasteiger partial charge in [0.15, 0.2) is 6.29 Å². The average molecular weight is 347 g/mol. The van der Waals surface area contributed by atoms with Crippen molar-refractivity contribution in [3.8, 4) is 0 Å². The van der Waals surface area contributed by atoms with Gasteiger partial charge in [0, 0.05) is 17.9 Å². The van der Waals surface area contributed by atoms with E-state index in [2.05, 4.69) is 50.4 Å². The molecule has 1 fully saturated rings. The Kier molecular flexibility index (Phi) is 5.07. The van der Waals surface area contributed by atoms with Crippen LogP contribution in [0.3, 0.4) is 0 Å². The highest BCUT2D eigenvalue weighted by atomic mass is 16.7. The molecule has 1 heterocycles. The molecule has 2 aliphatic rings. The summed E-state index contributed by atoms with van der Waals surface area (Å²) >= 11 is 0. The first-order valence-electron chi connectivity index (χ1n) is 9.14. The van der Waals surface area contributed by atoms with Crippen molar-refractivity contribution in [3.63, 3.8) is 0 Å². The minimum absolute atomic E-state index is 0.230. The van der Waals surface area contributed by atoms with E-state index < -0.39 is 6.09 Å². The van der Waals surface area contributed by atoms with Crippen molar-refractivity contribution in [2.75, 3.05) is 13.2 Å². The summed E-state index contributed by atoms with van der Waals surface area (Å²) in [5, 5.41) is 12.4. The van der Waals surface area contributed by atoms with E-state index in [0.29, 0.717) is 19.6 Å². The molecule has 1 aromatic rings. The van der Waals surface area contributed by atoms with Gasteiger partial charge in [-0.05, 0) is 35.8 Å². The van der Waals surface area contributed by atoms with Crippen molar-refractivity contribution in [1.82, 2.24) is 5.32 Å². The highest BCUT2D eigenvalue weighted by molar-refractivity contribution is 5.65. The Labute approximate surface area is 149 Å². The lowest BCUT2D eigenvalue weighted by Gasteiger charge is -2.50. The summed E-state index contributed by atoms with van der Waals surface area (Å²) < 4.78 is 11.5. The zero-order valence-electron chi connectivity index (χ0n) is 15.4. The molecule has 138 valence electrons. The molecule has 2 unspecified atom stereocenters. The SMILES string of the molecule is CC(C)(C)C(NC(=O)O)C1(CC2OCCO2)CCCc2ccccc21. The number of ether oxygens (including phenoxy) is 2. The second-order valence-corrected chi connectivity index (χ2v) is 8.29. The third kappa shape index (κ3) is 3.67. The highest BCUT2D eigenvalue weighted by Gasteiger charge is 2.50. The highest BCUT2D eigenvalue weighted by Crippen LogP contribution is 2.48. The smallest absolute Gasteiger partial charge is 0.404 e. The van der Waals surface area contributed by atoms with Crippen LogP contribution in [0.4, 0.5) is 4.79 Å². The van der Waals surface area contributed by atoms with Crippen LogP contribution >= 0.6 is 0 Å². The number of fused-ring (bicyclic) bond motifs is 1. The molecule has 0 radical (unpaired) electrons. The number of hydrogen-bond donors (Lipinski definition) is 2. The van der Waals surface area contributed by atoms with Crippen LogP contribution in [0.2, 0.25) is 0 Å². The topological polar surface area (TPSA) is 67.8 Å². The summed E-state index contributed by atoms with van der Waals surface area (Å²) in [5.74, 6) is 0. The van der Waals surface area contributed by atoms with E-state index in [1.165, 1.54) is 11.1 Å². The number of carbonyl (C=O) groups is 1. The molecule has 1 aliphatic heterocycles. The quantitative estimate of drug-likeness (QED) is 0.871. The van der Waals surface area contributed by atoms with Gasteiger partial charge in [-0.3, -0.25) is 0 Å².